The number of benzene rings is 1. The average molecular weight is 235 g/mol. The van der Waals surface area contributed by atoms with Crippen LogP contribution in [0.15, 0.2) is 35.3 Å². The van der Waals surface area contributed by atoms with Gasteiger partial charge in [-0.3, -0.25) is 0 Å². The number of nitrogens with two attached hydrogens (primary N) is 1. The largest absolute Gasteiger partial charge is 0.390 e. The Morgan fingerprint density at radius 3 is 2.59 bits per heavy atom. The van der Waals surface area contributed by atoms with Crippen molar-refractivity contribution in [3.05, 3.63) is 35.9 Å². The highest BCUT2D eigenvalue weighted by molar-refractivity contribution is 5.77. The van der Waals surface area contributed by atoms with Gasteiger partial charge >= 0.3 is 0 Å². The van der Waals surface area contributed by atoms with Gasteiger partial charge < -0.3 is 16.2 Å². The monoisotopic (exact) mass is 235 g/mol. The third-order valence-corrected chi connectivity index (χ3v) is 2.32. The number of hydrogen-bond acceptors (Lipinski definition) is 2. The molecule has 4 nitrogen and oxygen atoms in total. The Balaban J connectivity index is 2.30. The molecule has 0 bridgehead atoms. The summed E-state index contributed by atoms with van der Waals surface area (Å²) < 4.78 is 0. The molecule has 0 aliphatic heterocycles. The Labute approximate surface area is 103 Å². The minimum Gasteiger partial charge on any atom is -0.390 e. The first-order chi connectivity index (χ1) is 7.97. The van der Waals surface area contributed by atoms with Crippen molar-refractivity contribution in [3.8, 4) is 0 Å². The van der Waals surface area contributed by atoms with Gasteiger partial charge in [0.1, 0.15) is 0 Å². The van der Waals surface area contributed by atoms with Crippen LogP contribution >= 0.6 is 0 Å². The van der Waals surface area contributed by atoms with Crippen molar-refractivity contribution in [2.24, 2.45) is 10.7 Å². The Morgan fingerprint density at radius 1 is 1.35 bits per heavy atom. The number of rotatable bonds is 5. The number of aliphatic hydroxyl groups is 1. The van der Waals surface area contributed by atoms with E-state index >= 15 is 0 Å². The lowest BCUT2D eigenvalue weighted by Gasteiger charge is -2.17. The van der Waals surface area contributed by atoms with E-state index in [1.807, 2.05) is 30.3 Å². The number of guanidine groups is 1. The van der Waals surface area contributed by atoms with Crippen LogP contribution in [-0.4, -0.2) is 23.2 Å². The van der Waals surface area contributed by atoms with Gasteiger partial charge in [-0.15, -0.1) is 0 Å². The zero-order chi connectivity index (χ0) is 12.7. The predicted molar refractivity (Wildman–Crippen MR) is 70.7 cm³/mol. The molecular weight excluding hydrogens is 214 g/mol. The summed E-state index contributed by atoms with van der Waals surface area (Å²) in [6, 6.07) is 9.94. The van der Waals surface area contributed by atoms with Gasteiger partial charge in [0.25, 0.3) is 0 Å². The molecule has 4 heteroatoms. The van der Waals surface area contributed by atoms with Crippen molar-refractivity contribution in [1.29, 1.82) is 0 Å². The summed E-state index contributed by atoms with van der Waals surface area (Å²) in [6.45, 7) is 4.73. The van der Waals surface area contributed by atoms with Crippen LogP contribution in [0.3, 0.4) is 0 Å². The van der Waals surface area contributed by atoms with Gasteiger partial charge in [-0.25, -0.2) is 4.99 Å². The molecule has 0 spiro atoms. The molecule has 0 fully saturated rings. The molecule has 0 unspecified atom stereocenters. The second-order valence-electron chi connectivity index (χ2n) is 4.68. The highest BCUT2D eigenvalue weighted by Gasteiger charge is 2.11. The first kappa shape index (κ1) is 13.5. The van der Waals surface area contributed by atoms with Crippen LogP contribution in [0, 0.1) is 0 Å². The van der Waals surface area contributed by atoms with Crippen LogP contribution in [0.1, 0.15) is 25.8 Å². The Kier molecular flexibility index (Phi) is 4.97. The topological polar surface area (TPSA) is 70.6 Å². The van der Waals surface area contributed by atoms with E-state index in [-0.39, 0.29) is 0 Å². The highest BCUT2D eigenvalue weighted by atomic mass is 16.3. The van der Waals surface area contributed by atoms with E-state index in [4.69, 9.17) is 5.73 Å². The van der Waals surface area contributed by atoms with Crippen molar-refractivity contribution in [2.75, 3.05) is 6.54 Å². The molecule has 1 aromatic carbocycles. The van der Waals surface area contributed by atoms with E-state index in [1.165, 1.54) is 0 Å². The van der Waals surface area contributed by atoms with E-state index in [1.54, 1.807) is 13.8 Å². The van der Waals surface area contributed by atoms with Crippen LogP contribution in [0.5, 0.6) is 0 Å². The maximum Gasteiger partial charge on any atom is 0.188 e. The number of hydrogen-bond donors (Lipinski definition) is 3. The van der Waals surface area contributed by atoms with Crippen molar-refractivity contribution in [3.63, 3.8) is 0 Å². The molecule has 0 amide bonds. The minimum atomic E-state index is -0.674. The summed E-state index contributed by atoms with van der Waals surface area (Å²) in [6.07, 6.45) is 0.633. The first-order valence-corrected chi connectivity index (χ1v) is 5.77. The van der Waals surface area contributed by atoms with E-state index < -0.39 is 5.60 Å². The maximum absolute atomic E-state index is 9.52. The summed E-state index contributed by atoms with van der Waals surface area (Å²) in [4.78, 5) is 4.22. The molecule has 94 valence electrons. The molecule has 0 aromatic heterocycles. The highest BCUT2D eigenvalue weighted by Crippen LogP contribution is 2.04. The zero-order valence-electron chi connectivity index (χ0n) is 10.5. The Bertz CT molecular complexity index is 355. The fourth-order valence-corrected chi connectivity index (χ4v) is 1.31. The summed E-state index contributed by atoms with van der Waals surface area (Å²) in [5, 5.41) is 12.5. The van der Waals surface area contributed by atoms with E-state index in [0.717, 1.165) is 5.56 Å². The normalized spacial score (nSPS) is 12.5. The molecule has 0 saturated carbocycles. The van der Waals surface area contributed by atoms with Gasteiger partial charge in [0, 0.05) is 6.54 Å². The number of nitrogens with one attached hydrogen (secondary N) is 1. The fraction of sp³-hybridized carbons (Fsp3) is 0.462. The van der Waals surface area contributed by atoms with Crippen LogP contribution in [0.2, 0.25) is 0 Å². The molecule has 0 atom stereocenters. The zero-order valence-corrected chi connectivity index (χ0v) is 10.5. The lowest BCUT2D eigenvalue weighted by molar-refractivity contribution is 0.0725. The van der Waals surface area contributed by atoms with Crippen molar-refractivity contribution in [2.45, 2.75) is 32.4 Å². The molecule has 1 rings (SSSR count). The Morgan fingerprint density at radius 2 is 2.00 bits per heavy atom. The molecular formula is C13H21N3O. The summed E-state index contributed by atoms with van der Waals surface area (Å²) in [5.41, 5.74) is 6.16. The van der Waals surface area contributed by atoms with Crippen molar-refractivity contribution in [1.82, 2.24) is 5.32 Å². The van der Waals surface area contributed by atoms with Crippen LogP contribution in [-0.2, 0) is 6.54 Å². The van der Waals surface area contributed by atoms with Gasteiger partial charge in [0.2, 0.25) is 0 Å². The summed E-state index contributed by atoms with van der Waals surface area (Å²) in [5.74, 6) is 0.415. The van der Waals surface area contributed by atoms with Gasteiger partial charge in [0.05, 0.1) is 12.1 Å². The van der Waals surface area contributed by atoms with Crippen molar-refractivity contribution < 1.29 is 5.11 Å². The molecule has 4 N–H and O–H groups in total. The third-order valence-electron chi connectivity index (χ3n) is 2.32. The second kappa shape index (κ2) is 6.25. The Hall–Kier alpha value is -1.55. The smallest absolute Gasteiger partial charge is 0.188 e. The lowest BCUT2D eigenvalue weighted by atomic mass is 10.1. The van der Waals surface area contributed by atoms with Crippen molar-refractivity contribution >= 4 is 5.96 Å². The standard InChI is InChI=1S/C13H21N3O/c1-13(2,17)8-9-15-12(14)16-10-11-6-4-3-5-7-11/h3-7,17H,8-10H2,1-2H3,(H3,14,15,16). The molecule has 0 heterocycles. The van der Waals surface area contributed by atoms with Crippen LogP contribution in [0.4, 0.5) is 0 Å². The fourth-order valence-electron chi connectivity index (χ4n) is 1.31. The van der Waals surface area contributed by atoms with Gasteiger partial charge in [0.15, 0.2) is 5.96 Å². The molecule has 1 aromatic rings. The lowest BCUT2D eigenvalue weighted by Crippen LogP contribution is -2.35. The second-order valence-corrected chi connectivity index (χ2v) is 4.68. The minimum absolute atomic E-state index is 0.415. The quantitative estimate of drug-likeness (QED) is 0.531. The molecule has 0 radical (unpaired) electrons. The van der Waals surface area contributed by atoms with Crippen LogP contribution < -0.4 is 11.1 Å². The molecule has 17 heavy (non-hydrogen) atoms. The molecule has 0 aliphatic rings. The number of nitrogens with zero attached hydrogens (tertiary/aromatic N) is 1. The van der Waals surface area contributed by atoms with E-state index in [0.29, 0.717) is 25.5 Å². The third kappa shape index (κ3) is 6.58. The van der Waals surface area contributed by atoms with E-state index in [9.17, 15) is 5.11 Å². The summed E-state index contributed by atoms with van der Waals surface area (Å²) in [7, 11) is 0. The van der Waals surface area contributed by atoms with Gasteiger partial charge in [-0.2, -0.15) is 0 Å². The first-order valence-electron chi connectivity index (χ1n) is 5.77. The number of aliphatic imine (C=N–C) groups is 1. The van der Waals surface area contributed by atoms with Gasteiger partial charge in [-0.05, 0) is 25.8 Å². The van der Waals surface area contributed by atoms with E-state index in [2.05, 4.69) is 10.3 Å². The molecule has 0 aliphatic carbocycles. The van der Waals surface area contributed by atoms with Crippen LogP contribution in [0.25, 0.3) is 0 Å². The average Bonchev–Trinajstić information content (AvgIpc) is 2.26. The molecule has 0 saturated heterocycles. The summed E-state index contributed by atoms with van der Waals surface area (Å²) >= 11 is 0. The SMILES string of the molecule is CC(C)(O)CCNC(N)=NCc1ccccc1. The predicted octanol–water partition coefficient (Wildman–Crippen LogP) is 1.25. The maximum atomic E-state index is 9.52. The van der Waals surface area contributed by atoms with Gasteiger partial charge in [-0.1, -0.05) is 30.3 Å².